The van der Waals surface area contributed by atoms with Crippen LogP contribution in [0.25, 0.3) is 0 Å². The van der Waals surface area contributed by atoms with Gasteiger partial charge < -0.3 is 20.1 Å². The van der Waals surface area contributed by atoms with E-state index in [1.807, 2.05) is 26.8 Å². The molecule has 174 valence electrons. The molecule has 0 spiro atoms. The molecule has 0 radical (unpaired) electrons. The Balaban J connectivity index is 2.28. The zero-order chi connectivity index (χ0) is 23.3. The molecule has 2 atom stereocenters. The number of nitrogens with zero attached hydrogens (tertiary/aromatic N) is 2. The molecule has 0 fully saturated rings. The molecule has 1 aromatic rings. The molecule has 0 aromatic heterocycles. The van der Waals surface area contributed by atoms with Crippen molar-refractivity contribution in [3.63, 3.8) is 0 Å². The Morgan fingerprint density at radius 2 is 1.87 bits per heavy atom. The van der Waals surface area contributed by atoms with Crippen LogP contribution in [0.1, 0.15) is 59.6 Å². The number of hydrogen-bond acceptors (Lipinski definition) is 5. The molecule has 2 amide bonds. The van der Waals surface area contributed by atoms with Crippen molar-refractivity contribution >= 4 is 12.0 Å². The number of hydrogen-bond donors (Lipinski definition) is 2. The molecule has 2 rings (SSSR count). The van der Waals surface area contributed by atoms with E-state index in [1.54, 1.807) is 12.1 Å². The number of rotatable bonds is 7. The van der Waals surface area contributed by atoms with Crippen LogP contribution in [0.4, 0.5) is 4.79 Å². The lowest BCUT2D eigenvalue weighted by molar-refractivity contribution is -0.128. The van der Waals surface area contributed by atoms with E-state index in [4.69, 9.17) is 4.74 Å². The molecule has 2 N–H and O–H groups in total. The van der Waals surface area contributed by atoms with Gasteiger partial charge in [0.2, 0.25) is 5.91 Å². The van der Waals surface area contributed by atoms with Gasteiger partial charge >= 0.3 is 6.09 Å². The first-order chi connectivity index (χ1) is 14.4. The summed E-state index contributed by atoms with van der Waals surface area (Å²) in [6.45, 7) is 16.7. The molecule has 0 aliphatic carbocycles. The number of phenolic OH excluding ortho intramolecular Hbond substituents is 1. The van der Waals surface area contributed by atoms with Gasteiger partial charge in [0.25, 0.3) is 0 Å². The molecular weight excluding hydrogens is 394 g/mol. The summed E-state index contributed by atoms with van der Waals surface area (Å²) in [5, 5.41) is 13.1. The van der Waals surface area contributed by atoms with E-state index in [1.165, 1.54) is 4.90 Å². The van der Waals surface area contributed by atoms with Crippen LogP contribution in [-0.2, 0) is 22.5 Å². The quantitative estimate of drug-likeness (QED) is 0.687. The molecule has 31 heavy (non-hydrogen) atoms. The summed E-state index contributed by atoms with van der Waals surface area (Å²) in [6.07, 6.45) is -0.136. The fourth-order valence-corrected chi connectivity index (χ4v) is 3.78. The second-order valence-corrected chi connectivity index (χ2v) is 9.63. The number of phenols is 1. The predicted octanol–water partition coefficient (Wildman–Crippen LogP) is 3.54. The van der Waals surface area contributed by atoms with Crippen LogP contribution in [0, 0.1) is 5.92 Å². The van der Waals surface area contributed by atoms with Crippen molar-refractivity contribution in [1.82, 2.24) is 15.1 Å². The number of likely N-dealkylation sites (N-methyl/N-ethyl adjacent to an activating group) is 1. The largest absolute Gasteiger partial charge is 0.508 e. The van der Waals surface area contributed by atoms with Crippen molar-refractivity contribution in [3.05, 3.63) is 29.3 Å². The molecule has 0 unspecified atom stereocenters. The molecule has 1 heterocycles. The van der Waals surface area contributed by atoms with Gasteiger partial charge in [0, 0.05) is 19.0 Å². The molecule has 0 saturated carbocycles. The maximum Gasteiger partial charge on any atom is 0.411 e. The lowest BCUT2D eigenvalue weighted by Gasteiger charge is -2.38. The van der Waals surface area contributed by atoms with Crippen molar-refractivity contribution in [2.75, 3.05) is 19.6 Å². The molecule has 0 saturated heterocycles. The van der Waals surface area contributed by atoms with E-state index < -0.39 is 17.7 Å². The maximum atomic E-state index is 13.4. The molecule has 0 bridgehead atoms. The van der Waals surface area contributed by atoms with Gasteiger partial charge in [-0.05, 0) is 63.0 Å². The smallest absolute Gasteiger partial charge is 0.411 e. The highest BCUT2D eigenvalue weighted by Crippen LogP contribution is 2.28. The summed E-state index contributed by atoms with van der Waals surface area (Å²) in [5.74, 6) is 0.229. The third-order valence-corrected chi connectivity index (χ3v) is 5.73. The van der Waals surface area contributed by atoms with Crippen molar-refractivity contribution in [3.8, 4) is 5.75 Å². The number of amides is 2. The van der Waals surface area contributed by atoms with Crippen LogP contribution in [0.15, 0.2) is 18.2 Å². The Labute approximate surface area is 186 Å². The third-order valence-electron chi connectivity index (χ3n) is 5.73. The Morgan fingerprint density at radius 1 is 1.23 bits per heavy atom. The zero-order valence-corrected chi connectivity index (χ0v) is 20.1. The molecule has 1 aliphatic heterocycles. The lowest BCUT2D eigenvalue weighted by Crippen LogP contribution is -2.57. The molecule has 1 aromatic carbocycles. The van der Waals surface area contributed by atoms with Crippen molar-refractivity contribution in [2.45, 2.75) is 79.1 Å². The Bertz CT molecular complexity index is 769. The van der Waals surface area contributed by atoms with Gasteiger partial charge in [-0.3, -0.25) is 9.69 Å². The molecular formula is C24H39N3O4. The lowest BCUT2D eigenvalue weighted by atomic mass is 9.93. The van der Waals surface area contributed by atoms with Gasteiger partial charge in [0.15, 0.2) is 0 Å². The summed E-state index contributed by atoms with van der Waals surface area (Å²) >= 11 is 0. The molecule has 1 aliphatic rings. The first kappa shape index (κ1) is 25.0. The fourth-order valence-electron chi connectivity index (χ4n) is 3.78. The minimum atomic E-state index is -0.666. The normalized spacial score (nSPS) is 17.5. The van der Waals surface area contributed by atoms with Crippen LogP contribution in [0.5, 0.6) is 5.75 Å². The van der Waals surface area contributed by atoms with Gasteiger partial charge in [-0.2, -0.15) is 0 Å². The maximum absolute atomic E-state index is 13.4. The SMILES string of the molecule is CCN(CC)C[C@@H](NC(=O)[C@H]1Cc2ccc(O)cc2CN1C(=O)OC(C)(C)C)C(C)C. The van der Waals surface area contributed by atoms with E-state index in [-0.39, 0.29) is 30.2 Å². The second-order valence-electron chi connectivity index (χ2n) is 9.63. The number of aromatic hydroxyl groups is 1. The van der Waals surface area contributed by atoms with Crippen LogP contribution in [0.3, 0.4) is 0 Å². The third kappa shape index (κ3) is 6.86. The Kier molecular flexibility index (Phi) is 8.34. The summed E-state index contributed by atoms with van der Waals surface area (Å²) in [7, 11) is 0. The fraction of sp³-hybridized carbons (Fsp3) is 0.667. The first-order valence-corrected chi connectivity index (χ1v) is 11.3. The number of carbonyl (C=O) groups excluding carboxylic acids is 2. The summed E-state index contributed by atoms with van der Waals surface area (Å²) < 4.78 is 5.59. The van der Waals surface area contributed by atoms with Crippen LogP contribution in [0.2, 0.25) is 0 Å². The number of nitrogens with one attached hydrogen (secondary N) is 1. The number of fused-ring (bicyclic) bond motifs is 1. The van der Waals surface area contributed by atoms with Crippen LogP contribution in [-0.4, -0.2) is 64.2 Å². The Hall–Kier alpha value is -2.28. The highest BCUT2D eigenvalue weighted by Gasteiger charge is 2.38. The van der Waals surface area contributed by atoms with Crippen molar-refractivity contribution in [1.29, 1.82) is 0 Å². The van der Waals surface area contributed by atoms with Gasteiger partial charge in [-0.1, -0.05) is 33.8 Å². The van der Waals surface area contributed by atoms with E-state index in [0.717, 1.165) is 30.8 Å². The summed E-state index contributed by atoms with van der Waals surface area (Å²) in [5.41, 5.74) is 1.13. The van der Waals surface area contributed by atoms with E-state index >= 15 is 0 Å². The zero-order valence-electron chi connectivity index (χ0n) is 20.1. The van der Waals surface area contributed by atoms with E-state index in [2.05, 4.69) is 37.9 Å². The van der Waals surface area contributed by atoms with E-state index in [9.17, 15) is 14.7 Å². The van der Waals surface area contributed by atoms with E-state index in [0.29, 0.717) is 6.42 Å². The molecule has 7 nitrogen and oxygen atoms in total. The van der Waals surface area contributed by atoms with Crippen LogP contribution < -0.4 is 5.32 Å². The van der Waals surface area contributed by atoms with Crippen molar-refractivity contribution < 1.29 is 19.4 Å². The number of carbonyl (C=O) groups is 2. The van der Waals surface area contributed by atoms with Gasteiger partial charge in [-0.15, -0.1) is 0 Å². The second kappa shape index (κ2) is 10.4. The predicted molar refractivity (Wildman–Crippen MR) is 122 cm³/mol. The standard InChI is InChI=1S/C24H39N3O4/c1-8-26(9-2)15-20(16(3)4)25-22(29)21-13-17-10-11-19(28)12-18(17)14-27(21)23(30)31-24(5,6)7/h10-12,16,20-21,28H,8-9,13-15H2,1-7H3,(H,25,29)/t20-,21-/m1/s1. The summed E-state index contributed by atoms with van der Waals surface area (Å²) in [4.78, 5) is 30.1. The highest BCUT2D eigenvalue weighted by atomic mass is 16.6. The monoisotopic (exact) mass is 433 g/mol. The average Bonchev–Trinajstić information content (AvgIpc) is 2.68. The topological polar surface area (TPSA) is 82.1 Å². The van der Waals surface area contributed by atoms with Gasteiger partial charge in [0.05, 0.1) is 6.54 Å². The minimum Gasteiger partial charge on any atom is -0.508 e. The van der Waals surface area contributed by atoms with Gasteiger partial charge in [-0.25, -0.2) is 4.79 Å². The first-order valence-electron chi connectivity index (χ1n) is 11.3. The highest BCUT2D eigenvalue weighted by molar-refractivity contribution is 5.87. The molecule has 7 heteroatoms. The van der Waals surface area contributed by atoms with Crippen LogP contribution >= 0.6 is 0 Å². The number of benzene rings is 1. The average molecular weight is 434 g/mol. The Morgan fingerprint density at radius 3 is 2.42 bits per heavy atom. The number of ether oxygens (including phenoxy) is 1. The minimum absolute atomic E-state index is 0.0194. The van der Waals surface area contributed by atoms with Gasteiger partial charge in [0.1, 0.15) is 17.4 Å². The van der Waals surface area contributed by atoms with Crippen molar-refractivity contribution in [2.24, 2.45) is 5.92 Å². The summed E-state index contributed by atoms with van der Waals surface area (Å²) in [6, 6.07) is 4.42.